The zero-order valence-corrected chi connectivity index (χ0v) is 8.81. The predicted molar refractivity (Wildman–Crippen MR) is 55.9 cm³/mol. The summed E-state index contributed by atoms with van der Waals surface area (Å²) in [5, 5.41) is 0. The fraction of sp³-hybridized carbons (Fsp3) is 0.667. The number of aryl methyl sites for hydroxylation is 2. The van der Waals surface area contributed by atoms with Gasteiger partial charge in [-0.1, -0.05) is 26.7 Å². The molecule has 0 saturated heterocycles. The molecular weight excluding hydrogens is 160 g/mol. The van der Waals surface area contributed by atoms with E-state index in [-0.39, 0.29) is 0 Å². The molecule has 0 aliphatic carbocycles. The molecule has 74 valence electrons. The van der Waals surface area contributed by atoms with Crippen LogP contribution in [0.5, 0.6) is 0 Å². The smallest absolute Gasteiger partial charge is 0.106 e. The van der Waals surface area contributed by atoms with Crippen LogP contribution in [0.3, 0.4) is 0 Å². The van der Waals surface area contributed by atoms with Crippen LogP contribution >= 0.6 is 0 Å². The standard InChI is InChI=1S/C12H20O/c1-3-5-7-11-9-10-13-12(11)8-6-4-2/h9-10H,3-8H2,1-2H3. The Labute approximate surface area is 81.1 Å². The summed E-state index contributed by atoms with van der Waals surface area (Å²) in [5.74, 6) is 1.22. The Morgan fingerprint density at radius 3 is 2.46 bits per heavy atom. The van der Waals surface area contributed by atoms with E-state index in [0.717, 1.165) is 6.42 Å². The second-order valence-corrected chi connectivity index (χ2v) is 3.58. The predicted octanol–water partition coefficient (Wildman–Crippen LogP) is 3.96. The summed E-state index contributed by atoms with van der Waals surface area (Å²) < 4.78 is 5.46. The van der Waals surface area contributed by atoms with Crippen molar-refractivity contribution in [1.29, 1.82) is 0 Å². The maximum atomic E-state index is 5.46. The van der Waals surface area contributed by atoms with Crippen LogP contribution in [0.1, 0.15) is 50.9 Å². The van der Waals surface area contributed by atoms with Crippen molar-refractivity contribution >= 4 is 0 Å². The molecule has 0 amide bonds. The van der Waals surface area contributed by atoms with Gasteiger partial charge in [-0.2, -0.15) is 0 Å². The molecule has 1 rings (SSSR count). The number of furan rings is 1. The highest BCUT2D eigenvalue weighted by molar-refractivity contribution is 5.17. The molecular formula is C12H20O. The lowest BCUT2D eigenvalue weighted by Crippen LogP contribution is -1.89. The Morgan fingerprint density at radius 1 is 1.08 bits per heavy atom. The molecule has 0 spiro atoms. The second-order valence-electron chi connectivity index (χ2n) is 3.58. The van der Waals surface area contributed by atoms with Crippen LogP contribution in [0.4, 0.5) is 0 Å². The van der Waals surface area contributed by atoms with E-state index in [1.165, 1.54) is 43.4 Å². The van der Waals surface area contributed by atoms with E-state index in [2.05, 4.69) is 19.9 Å². The molecule has 0 saturated carbocycles. The summed E-state index contributed by atoms with van der Waals surface area (Å²) in [6.07, 6.45) is 9.15. The summed E-state index contributed by atoms with van der Waals surface area (Å²) in [5.41, 5.74) is 1.43. The molecule has 1 aromatic rings. The minimum atomic E-state index is 1.11. The fourth-order valence-corrected chi connectivity index (χ4v) is 1.51. The van der Waals surface area contributed by atoms with E-state index < -0.39 is 0 Å². The van der Waals surface area contributed by atoms with Gasteiger partial charge in [0.1, 0.15) is 5.76 Å². The molecule has 0 aromatic carbocycles. The van der Waals surface area contributed by atoms with E-state index in [4.69, 9.17) is 4.42 Å². The van der Waals surface area contributed by atoms with Gasteiger partial charge in [-0.05, 0) is 30.9 Å². The molecule has 0 aliphatic rings. The molecule has 0 bridgehead atoms. The summed E-state index contributed by atoms with van der Waals surface area (Å²) in [6, 6.07) is 2.13. The van der Waals surface area contributed by atoms with Gasteiger partial charge in [0, 0.05) is 6.42 Å². The maximum absolute atomic E-state index is 5.46. The molecule has 0 unspecified atom stereocenters. The Kier molecular flexibility index (Phi) is 4.66. The van der Waals surface area contributed by atoms with Crippen LogP contribution in [0.15, 0.2) is 16.7 Å². The Morgan fingerprint density at radius 2 is 1.77 bits per heavy atom. The average Bonchev–Trinajstić information content (AvgIpc) is 2.59. The zero-order valence-electron chi connectivity index (χ0n) is 8.81. The molecule has 1 nitrogen and oxygen atoms in total. The second kappa shape index (κ2) is 5.85. The molecule has 1 heterocycles. The Bertz CT molecular complexity index is 202. The van der Waals surface area contributed by atoms with Gasteiger partial charge in [0.05, 0.1) is 6.26 Å². The third-order valence-electron chi connectivity index (χ3n) is 2.39. The van der Waals surface area contributed by atoms with Crippen LogP contribution in [0, 0.1) is 0 Å². The first-order valence-corrected chi connectivity index (χ1v) is 5.43. The lowest BCUT2D eigenvalue weighted by atomic mass is 10.1. The van der Waals surface area contributed by atoms with Crippen molar-refractivity contribution in [2.24, 2.45) is 0 Å². The summed E-state index contributed by atoms with van der Waals surface area (Å²) in [4.78, 5) is 0. The largest absolute Gasteiger partial charge is 0.469 e. The van der Waals surface area contributed by atoms with E-state index in [1.807, 2.05) is 6.26 Å². The van der Waals surface area contributed by atoms with Crippen LogP contribution in [-0.4, -0.2) is 0 Å². The van der Waals surface area contributed by atoms with Crippen molar-refractivity contribution in [1.82, 2.24) is 0 Å². The number of hydrogen-bond acceptors (Lipinski definition) is 1. The van der Waals surface area contributed by atoms with E-state index in [9.17, 15) is 0 Å². The minimum Gasteiger partial charge on any atom is -0.469 e. The molecule has 0 aliphatic heterocycles. The van der Waals surface area contributed by atoms with Crippen molar-refractivity contribution in [2.45, 2.75) is 52.4 Å². The van der Waals surface area contributed by atoms with Crippen molar-refractivity contribution in [3.8, 4) is 0 Å². The van der Waals surface area contributed by atoms with E-state index in [0.29, 0.717) is 0 Å². The zero-order chi connectivity index (χ0) is 9.52. The number of unbranched alkanes of at least 4 members (excludes halogenated alkanes) is 2. The Hall–Kier alpha value is -0.720. The maximum Gasteiger partial charge on any atom is 0.106 e. The van der Waals surface area contributed by atoms with Gasteiger partial charge < -0.3 is 4.42 Å². The third-order valence-corrected chi connectivity index (χ3v) is 2.39. The molecule has 0 atom stereocenters. The minimum absolute atomic E-state index is 1.11. The molecule has 13 heavy (non-hydrogen) atoms. The van der Waals surface area contributed by atoms with Crippen LogP contribution < -0.4 is 0 Å². The number of rotatable bonds is 6. The number of hydrogen-bond donors (Lipinski definition) is 0. The SMILES string of the molecule is CCCCc1ccoc1CCCC. The molecule has 1 heteroatoms. The molecule has 0 radical (unpaired) electrons. The van der Waals surface area contributed by atoms with Crippen LogP contribution in [-0.2, 0) is 12.8 Å². The van der Waals surface area contributed by atoms with Gasteiger partial charge in [-0.25, -0.2) is 0 Å². The highest BCUT2D eigenvalue weighted by atomic mass is 16.3. The van der Waals surface area contributed by atoms with Gasteiger partial charge in [-0.3, -0.25) is 0 Å². The first-order chi connectivity index (χ1) is 6.38. The fourth-order valence-electron chi connectivity index (χ4n) is 1.51. The summed E-state index contributed by atoms with van der Waals surface area (Å²) in [7, 11) is 0. The van der Waals surface area contributed by atoms with Crippen molar-refractivity contribution in [2.75, 3.05) is 0 Å². The van der Waals surface area contributed by atoms with Gasteiger partial charge >= 0.3 is 0 Å². The summed E-state index contributed by atoms with van der Waals surface area (Å²) >= 11 is 0. The molecule has 1 aromatic heterocycles. The monoisotopic (exact) mass is 180 g/mol. The van der Waals surface area contributed by atoms with E-state index in [1.54, 1.807) is 0 Å². The van der Waals surface area contributed by atoms with Crippen LogP contribution in [0.25, 0.3) is 0 Å². The lowest BCUT2D eigenvalue weighted by molar-refractivity contribution is 0.494. The van der Waals surface area contributed by atoms with Crippen molar-refractivity contribution in [3.63, 3.8) is 0 Å². The Balaban J connectivity index is 2.45. The lowest BCUT2D eigenvalue weighted by Gasteiger charge is -2.00. The normalized spacial score (nSPS) is 10.6. The molecule has 0 N–H and O–H groups in total. The van der Waals surface area contributed by atoms with Crippen molar-refractivity contribution < 1.29 is 4.42 Å². The average molecular weight is 180 g/mol. The topological polar surface area (TPSA) is 13.1 Å². The summed E-state index contributed by atoms with van der Waals surface area (Å²) in [6.45, 7) is 4.44. The van der Waals surface area contributed by atoms with Gasteiger partial charge in [0.15, 0.2) is 0 Å². The highest BCUT2D eigenvalue weighted by Gasteiger charge is 2.04. The molecule has 0 fully saturated rings. The first-order valence-electron chi connectivity index (χ1n) is 5.43. The van der Waals surface area contributed by atoms with Gasteiger partial charge in [0.2, 0.25) is 0 Å². The highest BCUT2D eigenvalue weighted by Crippen LogP contribution is 2.15. The van der Waals surface area contributed by atoms with Gasteiger partial charge in [-0.15, -0.1) is 0 Å². The third kappa shape index (κ3) is 3.25. The van der Waals surface area contributed by atoms with Gasteiger partial charge in [0.25, 0.3) is 0 Å². The van der Waals surface area contributed by atoms with Crippen LogP contribution in [0.2, 0.25) is 0 Å². The first kappa shape index (κ1) is 10.4. The van der Waals surface area contributed by atoms with E-state index >= 15 is 0 Å². The quantitative estimate of drug-likeness (QED) is 0.645. The van der Waals surface area contributed by atoms with Crippen molar-refractivity contribution in [3.05, 3.63) is 23.7 Å².